The van der Waals surface area contributed by atoms with Crippen LogP contribution in [-0.2, 0) is 0 Å². The highest BCUT2D eigenvalue weighted by Gasteiger charge is 2.19. The van der Waals surface area contributed by atoms with Gasteiger partial charge in [-0.15, -0.1) is 10.2 Å². The quantitative estimate of drug-likeness (QED) is 0.878. The second-order valence-corrected chi connectivity index (χ2v) is 5.98. The Hall–Kier alpha value is -1.17. The molecule has 6 heteroatoms. The van der Waals surface area contributed by atoms with Crippen LogP contribution in [0.3, 0.4) is 0 Å². The molecule has 0 unspecified atom stereocenters. The van der Waals surface area contributed by atoms with Crippen molar-refractivity contribution in [1.82, 2.24) is 15.5 Å². The molecule has 0 atom stereocenters. The highest BCUT2D eigenvalue weighted by molar-refractivity contribution is 7.17. The zero-order valence-electron chi connectivity index (χ0n) is 10.9. The highest BCUT2D eigenvalue weighted by Crippen LogP contribution is 2.27. The van der Waals surface area contributed by atoms with Crippen molar-refractivity contribution >= 4 is 22.4 Å². The van der Waals surface area contributed by atoms with Crippen LogP contribution in [-0.4, -0.2) is 29.7 Å². The van der Waals surface area contributed by atoms with Crippen LogP contribution in [0.4, 0.5) is 5.13 Å². The van der Waals surface area contributed by atoms with Crippen LogP contribution in [0.25, 0.3) is 0 Å². The summed E-state index contributed by atoms with van der Waals surface area (Å²) in [4.78, 5) is 11.8. The van der Waals surface area contributed by atoms with Crippen molar-refractivity contribution in [1.29, 1.82) is 0 Å². The molecule has 0 spiro atoms. The van der Waals surface area contributed by atoms with E-state index < -0.39 is 0 Å². The fourth-order valence-corrected chi connectivity index (χ4v) is 2.88. The molecule has 18 heavy (non-hydrogen) atoms. The van der Waals surface area contributed by atoms with Crippen LogP contribution in [0.2, 0.25) is 0 Å². The topological polar surface area (TPSA) is 66.9 Å². The molecule has 1 aromatic heterocycles. The van der Waals surface area contributed by atoms with Gasteiger partial charge in [0.1, 0.15) is 0 Å². The monoisotopic (exact) mass is 268 g/mol. The molecule has 0 aliphatic heterocycles. The summed E-state index contributed by atoms with van der Waals surface area (Å²) in [5.41, 5.74) is 0. The third kappa shape index (κ3) is 3.41. The number of carbonyl (C=O) groups is 1. The number of hydrogen-bond acceptors (Lipinski definition) is 5. The number of carbonyl (C=O) groups excluding carboxylic acids is 1. The van der Waals surface area contributed by atoms with Gasteiger partial charge in [0.25, 0.3) is 5.91 Å². The summed E-state index contributed by atoms with van der Waals surface area (Å²) in [7, 11) is 1.77. The van der Waals surface area contributed by atoms with Crippen LogP contribution >= 0.6 is 11.3 Å². The predicted molar refractivity (Wildman–Crippen MR) is 72.9 cm³/mol. The average molecular weight is 268 g/mol. The first-order valence-corrected chi connectivity index (χ1v) is 7.30. The Morgan fingerprint density at radius 3 is 2.67 bits per heavy atom. The Bertz CT molecular complexity index is 399. The number of rotatable bonds is 4. The van der Waals surface area contributed by atoms with E-state index in [4.69, 9.17) is 0 Å². The summed E-state index contributed by atoms with van der Waals surface area (Å²) in [6, 6.07) is 0. The summed E-state index contributed by atoms with van der Waals surface area (Å²) in [6.07, 6.45) is 5.01. The van der Waals surface area contributed by atoms with E-state index in [0.717, 1.165) is 12.5 Å². The molecule has 1 aromatic rings. The average Bonchev–Trinajstić information content (AvgIpc) is 2.86. The van der Waals surface area contributed by atoms with Crippen molar-refractivity contribution in [2.24, 2.45) is 11.8 Å². The van der Waals surface area contributed by atoms with Gasteiger partial charge in [-0.1, -0.05) is 31.1 Å². The van der Waals surface area contributed by atoms with Crippen molar-refractivity contribution in [3.63, 3.8) is 0 Å². The van der Waals surface area contributed by atoms with Gasteiger partial charge < -0.3 is 10.6 Å². The third-order valence-electron chi connectivity index (χ3n) is 3.52. The van der Waals surface area contributed by atoms with E-state index in [2.05, 4.69) is 27.8 Å². The molecular weight excluding hydrogens is 248 g/mol. The van der Waals surface area contributed by atoms with Gasteiger partial charge >= 0.3 is 0 Å². The Kier molecular flexibility index (Phi) is 4.52. The molecule has 0 bridgehead atoms. The summed E-state index contributed by atoms with van der Waals surface area (Å²) in [5, 5.41) is 14.7. The SMILES string of the molecule is CNc1nnc(C(=O)NCC2CCC(C)CC2)s1. The maximum Gasteiger partial charge on any atom is 0.282 e. The van der Waals surface area contributed by atoms with Crippen LogP contribution in [0.15, 0.2) is 0 Å². The lowest BCUT2D eigenvalue weighted by Crippen LogP contribution is -2.31. The lowest BCUT2D eigenvalue weighted by Gasteiger charge is -2.25. The molecule has 2 N–H and O–H groups in total. The molecule has 1 fully saturated rings. The van der Waals surface area contributed by atoms with Gasteiger partial charge in [-0.2, -0.15) is 0 Å². The highest BCUT2D eigenvalue weighted by atomic mass is 32.1. The van der Waals surface area contributed by atoms with Crippen molar-refractivity contribution in [3.8, 4) is 0 Å². The number of hydrogen-bond donors (Lipinski definition) is 2. The van der Waals surface area contributed by atoms with Crippen LogP contribution in [0.1, 0.15) is 42.4 Å². The van der Waals surface area contributed by atoms with Gasteiger partial charge in [0.15, 0.2) is 0 Å². The molecule has 2 rings (SSSR count). The zero-order chi connectivity index (χ0) is 13.0. The van der Waals surface area contributed by atoms with Crippen molar-refractivity contribution < 1.29 is 4.79 Å². The van der Waals surface area contributed by atoms with E-state index in [1.54, 1.807) is 7.05 Å². The maximum absolute atomic E-state index is 11.8. The zero-order valence-corrected chi connectivity index (χ0v) is 11.7. The molecular formula is C12H20N4OS. The summed E-state index contributed by atoms with van der Waals surface area (Å²) < 4.78 is 0. The second kappa shape index (κ2) is 6.13. The first-order valence-electron chi connectivity index (χ1n) is 6.48. The van der Waals surface area contributed by atoms with E-state index in [9.17, 15) is 4.79 Å². The minimum atomic E-state index is -0.104. The normalized spacial score (nSPS) is 23.7. The summed E-state index contributed by atoms with van der Waals surface area (Å²) >= 11 is 1.28. The summed E-state index contributed by atoms with van der Waals surface area (Å²) in [6.45, 7) is 3.06. The number of anilines is 1. The number of nitrogens with one attached hydrogen (secondary N) is 2. The van der Waals surface area contributed by atoms with Crippen molar-refractivity contribution in [2.75, 3.05) is 18.9 Å². The van der Waals surface area contributed by atoms with E-state index in [1.807, 2.05) is 0 Å². The largest absolute Gasteiger partial charge is 0.363 e. The smallest absolute Gasteiger partial charge is 0.282 e. The number of nitrogens with zero attached hydrogens (tertiary/aromatic N) is 2. The molecule has 1 saturated carbocycles. The molecule has 0 radical (unpaired) electrons. The van der Waals surface area contributed by atoms with Gasteiger partial charge in [-0.3, -0.25) is 4.79 Å². The Morgan fingerprint density at radius 1 is 1.33 bits per heavy atom. The van der Waals surface area contributed by atoms with Gasteiger partial charge in [0.2, 0.25) is 10.1 Å². The van der Waals surface area contributed by atoms with Crippen LogP contribution in [0.5, 0.6) is 0 Å². The molecule has 0 saturated heterocycles. The first-order chi connectivity index (χ1) is 8.69. The standard InChI is InChI=1S/C12H20N4OS/c1-8-3-5-9(6-4-8)7-14-10(17)11-15-16-12(13-2)18-11/h8-9H,3-7H2,1-2H3,(H,13,16)(H,14,17). The van der Waals surface area contributed by atoms with Crippen LogP contribution < -0.4 is 10.6 Å². The number of amides is 1. The van der Waals surface area contributed by atoms with Crippen molar-refractivity contribution in [3.05, 3.63) is 5.01 Å². The third-order valence-corrected chi connectivity index (χ3v) is 4.46. The van der Waals surface area contributed by atoms with Gasteiger partial charge in [-0.25, -0.2) is 0 Å². The van der Waals surface area contributed by atoms with E-state index in [1.165, 1.54) is 37.0 Å². The lowest BCUT2D eigenvalue weighted by molar-refractivity contribution is 0.0941. The minimum absolute atomic E-state index is 0.104. The fourth-order valence-electron chi connectivity index (χ4n) is 2.26. The fraction of sp³-hybridized carbons (Fsp3) is 0.750. The molecule has 1 amide bonds. The Morgan fingerprint density at radius 2 is 2.06 bits per heavy atom. The molecule has 0 aromatic carbocycles. The second-order valence-electron chi connectivity index (χ2n) is 5.00. The van der Waals surface area contributed by atoms with E-state index in [0.29, 0.717) is 16.1 Å². The molecule has 5 nitrogen and oxygen atoms in total. The first kappa shape index (κ1) is 13.3. The summed E-state index contributed by atoms with van der Waals surface area (Å²) in [5.74, 6) is 1.37. The molecule has 1 aliphatic carbocycles. The van der Waals surface area contributed by atoms with Gasteiger partial charge in [0, 0.05) is 13.6 Å². The number of aromatic nitrogens is 2. The maximum atomic E-state index is 11.8. The van der Waals surface area contributed by atoms with Crippen molar-refractivity contribution in [2.45, 2.75) is 32.6 Å². The Balaban J connectivity index is 1.77. The lowest BCUT2D eigenvalue weighted by atomic mass is 9.83. The van der Waals surface area contributed by atoms with E-state index in [-0.39, 0.29) is 5.91 Å². The van der Waals surface area contributed by atoms with Gasteiger partial charge in [0.05, 0.1) is 0 Å². The minimum Gasteiger partial charge on any atom is -0.363 e. The predicted octanol–water partition coefficient (Wildman–Crippen LogP) is 2.14. The molecule has 1 heterocycles. The Labute approximate surface area is 111 Å². The van der Waals surface area contributed by atoms with Gasteiger partial charge in [-0.05, 0) is 24.7 Å². The molecule has 100 valence electrons. The molecule has 1 aliphatic rings. The van der Waals surface area contributed by atoms with Crippen LogP contribution in [0, 0.1) is 11.8 Å². The van der Waals surface area contributed by atoms with E-state index >= 15 is 0 Å².